The van der Waals surface area contributed by atoms with Crippen molar-refractivity contribution in [3.63, 3.8) is 0 Å². The van der Waals surface area contributed by atoms with Crippen LogP contribution in [0.3, 0.4) is 0 Å². The van der Waals surface area contributed by atoms with Crippen molar-refractivity contribution in [3.8, 4) is 0 Å². The predicted molar refractivity (Wildman–Crippen MR) is 83.7 cm³/mol. The number of carbonyl (C=O) groups excluding carboxylic acids is 1. The van der Waals surface area contributed by atoms with Crippen molar-refractivity contribution in [3.05, 3.63) is 41.9 Å². The number of amides is 1. The monoisotopic (exact) mass is 301 g/mol. The lowest BCUT2D eigenvalue weighted by Gasteiger charge is -2.34. The van der Waals surface area contributed by atoms with Gasteiger partial charge >= 0.3 is 0 Å². The van der Waals surface area contributed by atoms with Crippen molar-refractivity contribution in [1.82, 2.24) is 14.5 Å². The Bertz CT molecular complexity index is 645. The second-order valence-electron chi connectivity index (χ2n) is 6.18. The van der Waals surface area contributed by atoms with Crippen LogP contribution in [0, 0.1) is 13.8 Å². The molecule has 1 saturated heterocycles. The van der Waals surface area contributed by atoms with Crippen molar-refractivity contribution in [2.24, 2.45) is 0 Å². The fourth-order valence-electron chi connectivity index (χ4n) is 3.37. The van der Waals surface area contributed by atoms with Crippen LogP contribution >= 0.6 is 0 Å². The van der Waals surface area contributed by atoms with Gasteiger partial charge in [0.15, 0.2) is 0 Å². The SMILES string of the molecule is Cc1cc(C(C)C(=O)N2CCCC(n3ccnc3)C2)c(C)o1. The van der Waals surface area contributed by atoms with Gasteiger partial charge in [-0.1, -0.05) is 0 Å². The van der Waals surface area contributed by atoms with Gasteiger partial charge < -0.3 is 13.9 Å². The van der Waals surface area contributed by atoms with E-state index in [-0.39, 0.29) is 11.8 Å². The first-order valence-electron chi connectivity index (χ1n) is 7.89. The van der Waals surface area contributed by atoms with E-state index < -0.39 is 0 Å². The zero-order valence-electron chi connectivity index (χ0n) is 13.5. The number of aromatic nitrogens is 2. The first-order chi connectivity index (χ1) is 10.6. The van der Waals surface area contributed by atoms with Gasteiger partial charge in [-0.15, -0.1) is 0 Å². The standard InChI is InChI=1S/C17H23N3O2/c1-12-9-16(14(3)22-12)13(2)17(21)19-7-4-5-15(10-19)20-8-6-18-11-20/h6,8-9,11,13,15H,4-5,7,10H2,1-3H3. The van der Waals surface area contributed by atoms with Gasteiger partial charge in [0, 0.05) is 31.0 Å². The van der Waals surface area contributed by atoms with Gasteiger partial charge in [0.2, 0.25) is 5.91 Å². The molecule has 22 heavy (non-hydrogen) atoms. The minimum atomic E-state index is -0.154. The molecule has 1 aliphatic heterocycles. The highest BCUT2D eigenvalue weighted by Gasteiger charge is 2.29. The summed E-state index contributed by atoms with van der Waals surface area (Å²) >= 11 is 0. The minimum absolute atomic E-state index is 0.154. The van der Waals surface area contributed by atoms with E-state index in [0.29, 0.717) is 6.04 Å². The van der Waals surface area contributed by atoms with E-state index in [1.54, 1.807) is 6.20 Å². The van der Waals surface area contributed by atoms with Crippen molar-refractivity contribution in [2.75, 3.05) is 13.1 Å². The number of imidazole rings is 1. The topological polar surface area (TPSA) is 51.3 Å². The molecule has 0 aliphatic carbocycles. The Hall–Kier alpha value is -2.04. The largest absolute Gasteiger partial charge is 0.466 e. The summed E-state index contributed by atoms with van der Waals surface area (Å²) in [5.41, 5.74) is 1.01. The van der Waals surface area contributed by atoms with Crippen LogP contribution < -0.4 is 0 Å². The second kappa shape index (κ2) is 5.99. The summed E-state index contributed by atoms with van der Waals surface area (Å²) in [5.74, 6) is 1.75. The van der Waals surface area contributed by atoms with Gasteiger partial charge in [-0.25, -0.2) is 4.98 Å². The normalized spacial score (nSPS) is 20.1. The van der Waals surface area contributed by atoms with Crippen LogP contribution in [-0.4, -0.2) is 33.4 Å². The molecule has 5 nitrogen and oxygen atoms in total. The smallest absolute Gasteiger partial charge is 0.230 e. The molecule has 2 atom stereocenters. The maximum atomic E-state index is 12.8. The lowest BCUT2D eigenvalue weighted by molar-refractivity contribution is -0.134. The van der Waals surface area contributed by atoms with E-state index in [9.17, 15) is 4.79 Å². The summed E-state index contributed by atoms with van der Waals surface area (Å²) in [6, 6.07) is 2.31. The summed E-state index contributed by atoms with van der Waals surface area (Å²) in [5, 5.41) is 0. The van der Waals surface area contributed by atoms with E-state index in [0.717, 1.165) is 43.0 Å². The number of furan rings is 1. The van der Waals surface area contributed by atoms with E-state index in [1.165, 1.54) is 0 Å². The quantitative estimate of drug-likeness (QED) is 0.875. The highest BCUT2D eigenvalue weighted by atomic mass is 16.3. The number of likely N-dealkylation sites (tertiary alicyclic amines) is 1. The van der Waals surface area contributed by atoms with Gasteiger partial charge in [0.25, 0.3) is 0 Å². The maximum absolute atomic E-state index is 12.8. The molecular weight excluding hydrogens is 278 g/mol. The van der Waals surface area contributed by atoms with Gasteiger partial charge in [-0.2, -0.15) is 0 Å². The number of hydrogen-bond acceptors (Lipinski definition) is 3. The molecule has 0 radical (unpaired) electrons. The van der Waals surface area contributed by atoms with Gasteiger partial charge in [0.05, 0.1) is 18.3 Å². The highest BCUT2D eigenvalue weighted by Crippen LogP contribution is 2.28. The van der Waals surface area contributed by atoms with E-state index in [4.69, 9.17) is 4.42 Å². The molecule has 118 valence electrons. The summed E-state index contributed by atoms with van der Waals surface area (Å²) < 4.78 is 7.68. The molecule has 1 aliphatic rings. The first kappa shape index (κ1) is 14.9. The van der Waals surface area contributed by atoms with Gasteiger partial charge in [0.1, 0.15) is 11.5 Å². The lowest BCUT2D eigenvalue weighted by Crippen LogP contribution is -2.42. The van der Waals surface area contributed by atoms with Crippen LogP contribution in [0.2, 0.25) is 0 Å². The molecule has 2 aromatic heterocycles. The fourth-order valence-corrected chi connectivity index (χ4v) is 3.37. The number of nitrogens with zero attached hydrogens (tertiary/aromatic N) is 3. The maximum Gasteiger partial charge on any atom is 0.230 e. The van der Waals surface area contributed by atoms with Crippen LogP contribution in [0.1, 0.15) is 48.8 Å². The van der Waals surface area contributed by atoms with Crippen LogP contribution in [0.4, 0.5) is 0 Å². The predicted octanol–water partition coefficient (Wildman–Crippen LogP) is 3.06. The third-order valence-electron chi connectivity index (χ3n) is 4.57. The minimum Gasteiger partial charge on any atom is -0.466 e. The molecule has 0 saturated carbocycles. The number of aryl methyl sites for hydroxylation is 2. The molecule has 1 amide bonds. The molecular formula is C17H23N3O2. The Morgan fingerprint density at radius 3 is 2.91 bits per heavy atom. The number of carbonyl (C=O) groups is 1. The van der Waals surface area contributed by atoms with E-state index in [2.05, 4.69) is 9.55 Å². The Balaban J connectivity index is 1.72. The van der Waals surface area contributed by atoms with Crippen molar-refractivity contribution < 1.29 is 9.21 Å². The fraction of sp³-hybridized carbons (Fsp3) is 0.529. The zero-order chi connectivity index (χ0) is 15.7. The van der Waals surface area contributed by atoms with Crippen molar-refractivity contribution in [2.45, 2.75) is 45.6 Å². The summed E-state index contributed by atoms with van der Waals surface area (Å²) in [6.45, 7) is 7.42. The summed E-state index contributed by atoms with van der Waals surface area (Å²) in [7, 11) is 0. The molecule has 3 heterocycles. The van der Waals surface area contributed by atoms with Crippen molar-refractivity contribution in [1.29, 1.82) is 0 Å². The Morgan fingerprint density at radius 1 is 1.45 bits per heavy atom. The third-order valence-corrected chi connectivity index (χ3v) is 4.57. The Morgan fingerprint density at radius 2 is 2.27 bits per heavy atom. The molecule has 2 unspecified atom stereocenters. The molecule has 0 bridgehead atoms. The van der Waals surface area contributed by atoms with Crippen molar-refractivity contribution >= 4 is 5.91 Å². The summed E-state index contributed by atoms with van der Waals surface area (Å²) in [4.78, 5) is 18.9. The van der Waals surface area contributed by atoms with Crippen LogP contribution in [-0.2, 0) is 4.79 Å². The summed E-state index contributed by atoms with van der Waals surface area (Å²) in [6.07, 6.45) is 7.74. The zero-order valence-corrected chi connectivity index (χ0v) is 13.5. The molecule has 3 rings (SSSR count). The Kier molecular flexibility index (Phi) is 4.05. The number of hydrogen-bond donors (Lipinski definition) is 0. The third kappa shape index (κ3) is 2.80. The molecule has 0 aromatic carbocycles. The number of rotatable bonds is 3. The van der Waals surface area contributed by atoms with Crippen LogP contribution in [0.5, 0.6) is 0 Å². The molecule has 5 heteroatoms. The van der Waals surface area contributed by atoms with Gasteiger partial charge in [-0.3, -0.25) is 4.79 Å². The van der Waals surface area contributed by atoms with Crippen LogP contribution in [0.25, 0.3) is 0 Å². The second-order valence-corrected chi connectivity index (χ2v) is 6.18. The van der Waals surface area contributed by atoms with E-state index >= 15 is 0 Å². The highest BCUT2D eigenvalue weighted by molar-refractivity contribution is 5.83. The van der Waals surface area contributed by atoms with E-state index in [1.807, 2.05) is 44.3 Å². The Labute approximate surface area is 130 Å². The van der Waals surface area contributed by atoms with Gasteiger partial charge in [-0.05, 0) is 39.7 Å². The number of piperidine rings is 1. The molecule has 0 spiro atoms. The van der Waals surface area contributed by atoms with Crippen LogP contribution in [0.15, 0.2) is 29.2 Å². The molecule has 2 aromatic rings. The molecule has 1 fully saturated rings. The average Bonchev–Trinajstić information content (AvgIpc) is 3.15. The molecule has 0 N–H and O–H groups in total. The first-order valence-corrected chi connectivity index (χ1v) is 7.89. The average molecular weight is 301 g/mol. The lowest BCUT2D eigenvalue weighted by atomic mass is 9.97.